The number of amides is 3. The van der Waals surface area contributed by atoms with Crippen LogP contribution in [0.25, 0.3) is 0 Å². The Hall–Kier alpha value is -1.89. The Morgan fingerprint density at radius 3 is 2.68 bits per heavy atom. The van der Waals surface area contributed by atoms with Gasteiger partial charge >= 0.3 is 12.0 Å². The second-order valence-electron chi connectivity index (χ2n) is 4.22. The quantitative estimate of drug-likeness (QED) is 0.739. The molecule has 1 unspecified atom stereocenters. The van der Waals surface area contributed by atoms with Crippen LogP contribution in [0.2, 0.25) is 0 Å². The monoisotopic (exact) mass is 284 g/mol. The molecule has 1 rings (SSSR count). The fourth-order valence-corrected chi connectivity index (χ4v) is 2.13. The van der Waals surface area contributed by atoms with E-state index in [1.165, 1.54) is 11.3 Å². The SMILES string of the molecule is CC(CC(=O)O)CC(=O)NC(=O)NCc1cccs1. The minimum atomic E-state index is -0.956. The smallest absolute Gasteiger partial charge is 0.321 e. The lowest BCUT2D eigenvalue weighted by Gasteiger charge is -2.09. The number of carbonyl (C=O) groups excluding carboxylic acids is 2. The van der Waals surface area contributed by atoms with Crippen LogP contribution in [0.4, 0.5) is 4.79 Å². The molecule has 7 heteroatoms. The largest absolute Gasteiger partial charge is 0.481 e. The third-order valence-corrected chi connectivity index (χ3v) is 3.19. The summed E-state index contributed by atoms with van der Waals surface area (Å²) in [5.41, 5.74) is 0. The third-order valence-electron chi connectivity index (χ3n) is 2.31. The van der Waals surface area contributed by atoms with Crippen LogP contribution in [-0.4, -0.2) is 23.0 Å². The van der Waals surface area contributed by atoms with E-state index in [0.717, 1.165) is 4.88 Å². The normalized spacial score (nSPS) is 11.6. The Balaban J connectivity index is 2.24. The Morgan fingerprint density at radius 1 is 1.37 bits per heavy atom. The van der Waals surface area contributed by atoms with Gasteiger partial charge in [0.15, 0.2) is 0 Å². The number of carboxylic acid groups (broad SMARTS) is 1. The Morgan fingerprint density at radius 2 is 2.11 bits per heavy atom. The highest BCUT2D eigenvalue weighted by Crippen LogP contribution is 2.08. The first kappa shape index (κ1) is 15.2. The van der Waals surface area contributed by atoms with Crippen molar-refractivity contribution in [2.45, 2.75) is 26.3 Å². The minimum Gasteiger partial charge on any atom is -0.481 e. The lowest BCUT2D eigenvalue weighted by molar-refractivity contribution is -0.138. The molecular formula is C12H16N2O4S. The van der Waals surface area contributed by atoms with E-state index in [4.69, 9.17) is 5.11 Å². The van der Waals surface area contributed by atoms with Gasteiger partial charge in [-0.05, 0) is 17.4 Å². The Bertz CT molecular complexity index is 445. The number of imide groups is 1. The maximum Gasteiger partial charge on any atom is 0.321 e. The molecular weight excluding hydrogens is 268 g/mol. The van der Waals surface area contributed by atoms with E-state index in [9.17, 15) is 14.4 Å². The summed E-state index contributed by atoms with van der Waals surface area (Å²) in [5, 5.41) is 15.2. The van der Waals surface area contributed by atoms with Crippen LogP contribution in [0.15, 0.2) is 17.5 Å². The van der Waals surface area contributed by atoms with Crippen molar-refractivity contribution in [3.63, 3.8) is 0 Å². The molecule has 0 aliphatic carbocycles. The third kappa shape index (κ3) is 6.56. The molecule has 0 aliphatic rings. The molecule has 0 aliphatic heterocycles. The van der Waals surface area contributed by atoms with Crippen molar-refractivity contribution in [2.24, 2.45) is 5.92 Å². The summed E-state index contributed by atoms with van der Waals surface area (Å²) >= 11 is 1.51. The highest BCUT2D eigenvalue weighted by atomic mass is 32.1. The fraction of sp³-hybridized carbons (Fsp3) is 0.417. The van der Waals surface area contributed by atoms with E-state index in [1.54, 1.807) is 6.92 Å². The predicted molar refractivity (Wildman–Crippen MR) is 70.7 cm³/mol. The van der Waals surface area contributed by atoms with E-state index < -0.39 is 17.9 Å². The molecule has 0 aromatic carbocycles. The molecule has 0 bridgehead atoms. The summed E-state index contributed by atoms with van der Waals surface area (Å²) < 4.78 is 0. The molecule has 3 N–H and O–H groups in total. The summed E-state index contributed by atoms with van der Waals surface area (Å²) in [6, 6.07) is 3.18. The lowest BCUT2D eigenvalue weighted by Crippen LogP contribution is -2.39. The number of hydrogen-bond acceptors (Lipinski definition) is 4. The number of aliphatic carboxylic acids is 1. The van der Waals surface area contributed by atoms with Crippen LogP contribution >= 0.6 is 11.3 Å². The summed E-state index contributed by atoms with van der Waals surface area (Å²) in [7, 11) is 0. The van der Waals surface area contributed by atoms with Gasteiger partial charge in [0.05, 0.1) is 6.54 Å². The molecule has 0 radical (unpaired) electrons. The lowest BCUT2D eigenvalue weighted by atomic mass is 10.0. The highest BCUT2D eigenvalue weighted by molar-refractivity contribution is 7.09. The zero-order valence-electron chi connectivity index (χ0n) is 10.5. The highest BCUT2D eigenvalue weighted by Gasteiger charge is 2.14. The summed E-state index contributed by atoms with van der Waals surface area (Å²) in [5.74, 6) is -1.73. The molecule has 1 heterocycles. The zero-order valence-corrected chi connectivity index (χ0v) is 11.3. The van der Waals surface area contributed by atoms with Gasteiger partial charge in [0.2, 0.25) is 5.91 Å². The second kappa shape index (κ2) is 7.52. The van der Waals surface area contributed by atoms with E-state index in [2.05, 4.69) is 10.6 Å². The number of rotatable bonds is 6. The van der Waals surface area contributed by atoms with Crippen molar-refractivity contribution < 1.29 is 19.5 Å². The summed E-state index contributed by atoms with van der Waals surface area (Å²) in [4.78, 5) is 34.3. The van der Waals surface area contributed by atoms with E-state index in [-0.39, 0.29) is 18.8 Å². The molecule has 1 atom stereocenters. The number of thiophene rings is 1. The number of carbonyl (C=O) groups is 3. The van der Waals surface area contributed by atoms with Crippen molar-refractivity contribution in [1.29, 1.82) is 0 Å². The molecule has 6 nitrogen and oxygen atoms in total. The first-order valence-corrected chi connectivity index (χ1v) is 6.67. The van der Waals surface area contributed by atoms with Gasteiger partial charge in [-0.3, -0.25) is 14.9 Å². The van der Waals surface area contributed by atoms with Crippen LogP contribution in [0.5, 0.6) is 0 Å². The number of carboxylic acids is 1. The van der Waals surface area contributed by atoms with Crippen molar-refractivity contribution >= 4 is 29.2 Å². The topological polar surface area (TPSA) is 95.5 Å². The van der Waals surface area contributed by atoms with Crippen LogP contribution in [0.3, 0.4) is 0 Å². The van der Waals surface area contributed by atoms with Gasteiger partial charge in [-0.1, -0.05) is 13.0 Å². The summed E-state index contributed by atoms with van der Waals surface area (Å²) in [6.45, 7) is 2.01. The minimum absolute atomic E-state index is 0.0126. The molecule has 19 heavy (non-hydrogen) atoms. The van der Waals surface area contributed by atoms with Crippen molar-refractivity contribution in [2.75, 3.05) is 0 Å². The van der Waals surface area contributed by atoms with E-state index in [0.29, 0.717) is 6.54 Å². The van der Waals surface area contributed by atoms with Crippen LogP contribution in [0, 0.1) is 5.92 Å². The molecule has 1 aromatic heterocycles. The van der Waals surface area contributed by atoms with Gasteiger partial charge < -0.3 is 10.4 Å². The van der Waals surface area contributed by atoms with Gasteiger partial charge in [-0.25, -0.2) is 4.79 Å². The fourth-order valence-electron chi connectivity index (χ4n) is 1.49. The van der Waals surface area contributed by atoms with Crippen molar-refractivity contribution in [1.82, 2.24) is 10.6 Å². The first-order valence-electron chi connectivity index (χ1n) is 5.79. The molecule has 0 fully saturated rings. The number of nitrogens with one attached hydrogen (secondary N) is 2. The van der Waals surface area contributed by atoms with Crippen LogP contribution < -0.4 is 10.6 Å². The van der Waals surface area contributed by atoms with Crippen LogP contribution in [-0.2, 0) is 16.1 Å². The average Bonchev–Trinajstić information content (AvgIpc) is 2.77. The standard InChI is InChI=1S/C12H16N2O4S/c1-8(6-11(16)17)5-10(15)14-12(18)13-7-9-3-2-4-19-9/h2-4,8H,5-7H2,1H3,(H,16,17)(H2,13,14,15,18). The van der Waals surface area contributed by atoms with E-state index >= 15 is 0 Å². The zero-order chi connectivity index (χ0) is 14.3. The summed E-state index contributed by atoms with van der Waals surface area (Å²) in [6.07, 6.45) is -0.0804. The molecule has 3 amide bonds. The molecule has 0 saturated carbocycles. The molecule has 0 saturated heterocycles. The van der Waals surface area contributed by atoms with Gasteiger partial charge in [0, 0.05) is 17.7 Å². The van der Waals surface area contributed by atoms with E-state index in [1.807, 2.05) is 17.5 Å². The van der Waals surface area contributed by atoms with Crippen molar-refractivity contribution in [3.8, 4) is 0 Å². The number of urea groups is 1. The molecule has 1 aromatic rings. The van der Waals surface area contributed by atoms with Gasteiger partial charge in [-0.2, -0.15) is 0 Å². The maximum atomic E-state index is 11.4. The van der Waals surface area contributed by atoms with Crippen molar-refractivity contribution in [3.05, 3.63) is 22.4 Å². The molecule has 0 spiro atoms. The van der Waals surface area contributed by atoms with Gasteiger partial charge in [0.1, 0.15) is 0 Å². The Kier molecular flexibility index (Phi) is 6.01. The second-order valence-corrected chi connectivity index (χ2v) is 5.25. The first-order chi connectivity index (χ1) is 8.97. The predicted octanol–water partition coefficient (Wildman–Crippen LogP) is 1.57. The Labute approximate surface area is 114 Å². The number of hydrogen-bond donors (Lipinski definition) is 3. The molecule has 104 valence electrons. The van der Waals surface area contributed by atoms with Crippen LogP contribution in [0.1, 0.15) is 24.6 Å². The van der Waals surface area contributed by atoms with Gasteiger partial charge in [-0.15, -0.1) is 11.3 Å². The van der Waals surface area contributed by atoms with Gasteiger partial charge in [0.25, 0.3) is 0 Å². The average molecular weight is 284 g/mol. The maximum absolute atomic E-state index is 11.4.